The van der Waals surface area contributed by atoms with E-state index in [-0.39, 0.29) is 19.4 Å². The van der Waals surface area contributed by atoms with Crippen LogP contribution in [0.4, 0.5) is 0 Å². The van der Waals surface area contributed by atoms with E-state index in [9.17, 15) is 35.1 Å². The molecule has 11 nitrogen and oxygen atoms in total. The minimum atomic E-state index is -1.62. The molecule has 1 aliphatic heterocycles. The lowest BCUT2D eigenvalue weighted by Crippen LogP contribution is -2.61. The number of amides is 1. The van der Waals surface area contributed by atoms with Crippen molar-refractivity contribution < 1.29 is 49.3 Å². The minimum absolute atomic E-state index is 0.107. The number of carbonyl (C=O) groups is 2. The van der Waals surface area contributed by atoms with Crippen LogP contribution in [0.2, 0.25) is 0 Å². The molecule has 1 aliphatic rings. The van der Waals surface area contributed by atoms with Crippen LogP contribution in [0, 0.1) is 0 Å². The third kappa shape index (κ3) is 43.2. The van der Waals surface area contributed by atoms with E-state index in [0.717, 1.165) is 128 Å². The average molecular weight is 1110 g/mol. The van der Waals surface area contributed by atoms with E-state index in [2.05, 4.69) is 99.0 Å². The summed E-state index contributed by atoms with van der Waals surface area (Å²) >= 11 is 0. The van der Waals surface area contributed by atoms with E-state index in [1.54, 1.807) is 6.08 Å². The maximum absolute atomic E-state index is 13.4. The Morgan fingerprint density at radius 1 is 0.494 bits per heavy atom. The normalized spacial score (nSPS) is 19.4. The van der Waals surface area contributed by atoms with Gasteiger partial charge in [0.1, 0.15) is 24.4 Å². The van der Waals surface area contributed by atoms with E-state index < -0.39 is 67.4 Å². The number of allylic oxidation sites excluding steroid dienone is 13. The van der Waals surface area contributed by atoms with E-state index in [1.165, 1.54) is 96.3 Å². The summed E-state index contributed by atoms with van der Waals surface area (Å²) in [6, 6.07) is -1.03. The molecule has 1 saturated heterocycles. The largest absolute Gasteiger partial charge is 0.454 e. The Labute approximate surface area is 483 Å². The second-order valence-electron chi connectivity index (χ2n) is 22.1. The molecule has 11 heteroatoms. The second kappa shape index (κ2) is 55.4. The van der Waals surface area contributed by atoms with Crippen LogP contribution < -0.4 is 5.32 Å². The Bertz CT molecular complexity index is 1610. The summed E-state index contributed by atoms with van der Waals surface area (Å²) in [5.74, 6) is -1.22. The van der Waals surface area contributed by atoms with Crippen LogP contribution in [0.25, 0.3) is 0 Å². The molecule has 0 aliphatic carbocycles. The van der Waals surface area contributed by atoms with Crippen molar-refractivity contribution in [1.82, 2.24) is 5.32 Å². The lowest BCUT2D eigenvalue weighted by Gasteiger charge is -2.41. The fourth-order valence-electron chi connectivity index (χ4n) is 9.61. The first kappa shape index (κ1) is 73.9. The van der Waals surface area contributed by atoms with Crippen molar-refractivity contribution in [2.45, 2.75) is 320 Å². The molecule has 0 aromatic heterocycles. The third-order valence-electron chi connectivity index (χ3n) is 14.8. The van der Waals surface area contributed by atoms with E-state index in [4.69, 9.17) is 14.2 Å². The Hall–Kier alpha value is -3.16. The molecular weight excluding hydrogens is 991 g/mol. The molecule has 0 bridgehead atoms. The van der Waals surface area contributed by atoms with Crippen molar-refractivity contribution in [2.75, 3.05) is 13.2 Å². The zero-order chi connectivity index (χ0) is 57.5. The molecule has 0 saturated carbocycles. The first-order valence-electron chi connectivity index (χ1n) is 32.4. The number of nitrogens with one attached hydrogen (secondary N) is 1. The minimum Gasteiger partial charge on any atom is -0.454 e. The monoisotopic (exact) mass is 1110 g/mol. The zero-order valence-corrected chi connectivity index (χ0v) is 50.5. The van der Waals surface area contributed by atoms with Crippen LogP contribution in [0.5, 0.6) is 0 Å². The van der Waals surface area contributed by atoms with Crippen LogP contribution in [0.1, 0.15) is 271 Å². The average Bonchev–Trinajstić information content (AvgIpc) is 3.47. The van der Waals surface area contributed by atoms with E-state index in [0.29, 0.717) is 12.8 Å². The van der Waals surface area contributed by atoms with Gasteiger partial charge >= 0.3 is 5.97 Å². The lowest BCUT2D eigenvalue weighted by molar-refractivity contribution is -0.305. The van der Waals surface area contributed by atoms with Gasteiger partial charge < -0.3 is 45.1 Å². The maximum Gasteiger partial charge on any atom is 0.306 e. The lowest BCUT2D eigenvalue weighted by atomic mass is 9.99. The number of rotatable bonds is 54. The number of aliphatic hydroxyl groups excluding tert-OH is 5. The van der Waals surface area contributed by atoms with Crippen molar-refractivity contribution in [2.24, 2.45) is 0 Å². The van der Waals surface area contributed by atoms with Gasteiger partial charge in [-0.3, -0.25) is 9.59 Å². The first-order chi connectivity index (χ1) is 38.7. The third-order valence-corrected chi connectivity index (χ3v) is 14.8. The number of esters is 1. The molecule has 6 N–H and O–H groups in total. The Kier molecular flexibility index (Phi) is 51.8. The van der Waals surface area contributed by atoms with Gasteiger partial charge in [-0.15, -0.1) is 0 Å². The Morgan fingerprint density at radius 3 is 1.33 bits per heavy atom. The van der Waals surface area contributed by atoms with Crippen molar-refractivity contribution >= 4 is 11.9 Å². The number of carbonyl (C=O) groups excluding carboxylic acids is 2. The van der Waals surface area contributed by atoms with Gasteiger partial charge in [0.15, 0.2) is 12.4 Å². The van der Waals surface area contributed by atoms with Crippen LogP contribution >= 0.6 is 0 Å². The van der Waals surface area contributed by atoms with Crippen LogP contribution in [0.3, 0.4) is 0 Å². The molecule has 456 valence electrons. The molecule has 1 amide bonds. The van der Waals surface area contributed by atoms with Crippen molar-refractivity contribution in [1.29, 1.82) is 0 Å². The van der Waals surface area contributed by atoms with Gasteiger partial charge in [0, 0.05) is 6.42 Å². The molecule has 8 atom stereocenters. The van der Waals surface area contributed by atoms with Crippen molar-refractivity contribution in [3.8, 4) is 0 Å². The molecule has 1 heterocycles. The summed E-state index contributed by atoms with van der Waals surface area (Å²) in [5, 5.41) is 57.0. The van der Waals surface area contributed by atoms with E-state index in [1.807, 2.05) is 6.08 Å². The molecule has 79 heavy (non-hydrogen) atoms. The zero-order valence-electron chi connectivity index (χ0n) is 50.5. The summed E-state index contributed by atoms with van der Waals surface area (Å²) < 4.78 is 17.6. The van der Waals surface area contributed by atoms with Crippen LogP contribution in [-0.2, 0) is 23.8 Å². The molecule has 0 aromatic carbocycles. The molecule has 1 fully saturated rings. The van der Waals surface area contributed by atoms with E-state index >= 15 is 0 Å². The molecule has 0 spiro atoms. The summed E-state index contributed by atoms with van der Waals surface area (Å²) in [6.45, 7) is 5.72. The molecule has 8 unspecified atom stereocenters. The highest BCUT2D eigenvalue weighted by atomic mass is 16.7. The molecular formula is C68H119NO10. The summed E-state index contributed by atoms with van der Waals surface area (Å²) in [5.41, 5.74) is 0. The fourth-order valence-corrected chi connectivity index (χ4v) is 9.61. The molecule has 0 radical (unpaired) electrons. The highest BCUT2D eigenvalue weighted by molar-refractivity contribution is 5.80. The fraction of sp³-hybridized carbons (Fsp3) is 0.765. The molecule has 0 aromatic rings. The number of aliphatic hydroxyl groups is 5. The van der Waals surface area contributed by atoms with Crippen molar-refractivity contribution in [3.05, 3.63) is 85.1 Å². The first-order valence-corrected chi connectivity index (χ1v) is 32.4. The number of unbranched alkanes of at least 4 members (excludes halogenated alkanes) is 28. The second-order valence-corrected chi connectivity index (χ2v) is 22.1. The summed E-state index contributed by atoms with van der Waals surface area (Å²) in [6.07, 6.45) is 61.8. The number of hydrogen-bond acceptors (Lipinski definition) is 10. The quantitative estimate of drug-likeness (QED) is 0.0195. The Morgan fingerprint density at radius 2 is 0.873 bits per heavy atom. The predicted octanol–water partition coefficient (Wildman–Crippen LogP) is 15.7. The highest BCUT2D eigenvalue weighted by Gasteiger charge is 2.47. The number of hydrogen-bond donors (Lipinski definition) is 6. The van der Waals surface area contributed by atoms with Gasteiger partial charge in [0.25, 0.3) is 0 Å². The SMILES string of the molecule is CCCCC/C=C\C/C=C\C/C=C\C/C=C\CCCCCCCCCC(=O)OC1C(OCC(NC(=O)C(O)CCCCCCCC/C=C\C/C=C\CCCCC)C(O)/C=C/CCCCCCCCCCC)OC(CO)C(O)C1O. The maximum atomic E-state index is 13.4. The summed E-state index contributed by atoms with van der Waals surface area (Å²) in [7, 11) is 0. The van der Waals surface area contributed by atoms with Crippen LogP contribution in [0.15, 0.2) is 85.1 Å². The summed E-state index contributed by atoms with van der Waals surface area (Å²) in [4.78, 5) is 26.6. The smallest absolute Gasteiger partial charge is 0.306 e. The number of ether oxygens (including phenoxy) is 3. The van der Waals surface area contributed by atoms with Crippen molar-refractivity contribution in [3.63, 3.8) is 0 Å². The highest BCUT2D eigenvalue weighted by Crippen LogP contribution is 2.26. The van der Waals surface area contributed by atoms with Gasteiger partial charge in [-0.1, -0.05) is 247 Å². The van der Waals surface area contributed by atoms with Crippen LogP contribution in [-0.4, -0.2) is 99.6 Å². The van der Waals surface area contributed by atoms with Gasteiger partial charge in [0.05, 0.1) is 25.4 Å². The standard InChI is InChI=1S/C68H119NO10/c1-4-7-10-13-16-19-22-24-26-28-29-30-31-32-33-34-36-38-41-44-47-50-53-56-63(73)79-66-65(75)64(74)62(57-70)78-68(66)77-58-59(60(71)54-51-48-45-42-39-21-18-15-12-9-6-3)69-67(76)61(72)55-52-49-46-43-40-37-35-27-25-23-20-17-14-11-8-5-2/h16-17,19-20,24-27,29-30,32-33,51,54,59-62,64-66,68,70-72,74-75H,4-15,18,21-23,28,31,34-50,52-53,55-58H2,1-3H3,(H,69,76)/b19-16-,20-17-,26-24-,27-25-,30-29-,33-32-,54-51+. The van der Waals surface area contributed by atoms with Gasteiger partial charge in [-0.2, -0.15) is 0 Å². The predicted molar refractivity (Wildman–Crippen MR) is 329 cm³/mol. The van der Waals surface area contributed by atoms with Gasteiger partial charge in [-0.25, -0.2) is 0 Å². The Balaban J connectivity index is 2.64. The topological polar surface area (TPSA) is 175 Å². The van der Waals surface area contributed by atoms with Gasteiger partial charge in [0.2, 0.25) is 5.91 Å². The van der Waals surface area contributed by atoms with Gasteiger partial charge in [-0.05, 0) is 103 Å². The molecule has 1 rings (SSSR count).